The van der Waals surface area contributed by atoms with Crippen molar-refractivity contribution < 1.29 is 4.79 Å². The molecule has 22 heavy (non-hydrogen) atoms. The van der Waals surface area contributed by atoms with E-state index in [9.17, 15) is 4.79 Å². The number of carbonyl (C=O) groups excluding carboxylic acids is 1. The average Bonchev–Trinajstić information content (AvgIpc) is 2.89. The molecule has 3 heteroatoms. The second-order valence-electron chi connectivity index (χ2n) is 6.96. The second-order valence-corrected chi connectivity index (χ2v) is 7.87. The van der Waals surface area contributed by atoms with Gasteiger partial charge in [0.25, 0.3) is 0 Å². The molecule has 0 unspecified atom stereocenters. The predicted octanol–water partition coefficient (Wildman–Crippen LogP) is 5.10. The van der Waals surface area contributed by atoms with Gasteiger partial charge >= 0.3 is 0 Å². The summed E-state index contributed by atoms with van der Waals surface area (Å²) in [6.45, 7) is 0. The van der Waals surface area contributed by atoms with Crippen LogP contribution in [0.25, 0.3) is 0 Å². The average molecular weight is 364 g/mol. The lowest BCUT2D eigenvalue weighted by molar-refractivity contribution is -0.127. The fourth-order valence-electron chi connectivity index (χ4n) is 4.14. The van der Waals surface area contributed by atoms with E-state index in [4.69, 9.17) is 0 Å². The number of carbonyl (C=O) groups is 1. The van der Waals surface area contributed by atoms with E-state index in [-0.39, 0.29) is 11.3 Å². The third-order valence-corrected chi connectivity index (χ3v) is 6.01. The van der Waals surface area contributed by atoms with Crippen molar-refractivity contribution in [1.29, 1.82) is 0 Å². The molecule has 0 atom stereocenters. The van der Waals surface area contributed by atoms with Crippen molar-refractivity contribution in [1.82, 2.24) is 5.32 Å². The molecule has 0 bridgehead atoms. The highest BCUT2D eigenvalue weighted by atomic mass is 79.9. The summed E-state index contributed by atoms with van der Waals surface area (Å²) >= 11 is 3.50. The van der Waals surface area contributed by atoms with E-state index >= 15 is 0 Å². The zero-order chi connectivity index (χ0) is 15.4. The number of halogens is 1. The Morgan fingerprint density at radius 1 is 0.955 bits per heavy atom. The first-order valence-electron chi connectivity index (χ1n) is 8.78. The molecule has 3 rings (SSSR count). The third-order valence-electron chi connectivity index (χ3n) is 5.48. The van der Waals surface area contributed by atoms with Gasteiger partial charge in [-0.25, -0.2) is 0 Å². The molecule has 2 saturated carbocycles. The zero-order valence-electron chi connectivity index (χ0n) is 13.2. The molecule has 2 aliphatic rings. The van der Waals surface area contributed by atoms with Crippen LogP contribution in [0.3, 0.4) is 0 Å². The number of amides is 1. The molecule has 120 valence electrons. The van der Waals surface area contributed by atoms with Crippen LogP contribution >= 0.6 is 15.9 Å². The van der Waals surface area contributed by atoms with E-state index in [1.807, 2.05) is 0 Å². The van der Waals surface area contributed by atoms with Crippen molar-refractivity contribution in [2.45, 2.75) is 75.7 Å². The zero-order valence-corrected chi connectivity index (χ0v) is 14.8. The molecule has 0 heterocycles. The number of rotatable bonds is 3. The van der Waals surface area contributed by atoms with Gasteiger partial charge < -0.3 is 5.32 Å². The van der Waals surface area contributed by atoms with Gasteiger partial charge in [0.05, 0.1) is 5.41 Å². The monoisotopic (exact) mass is 363 g/mol. The first-order valence-corrected chi connectivity index (χ1v) is 9.57. The largest absolute Gasteiger partial charge is 0.353 e. The topological polar surface area (TPSA) is 29.1 Å². The molecule has 0 aliphatic heterocycles. The highest BCUT2D eigenvalue weighted by Gasteiger charge is 2.43. The van der Waals surface area contributed by atoms with Crippen LogP contribution in [-0.4, -0.2) is 11.9 Å². The highest BCUT2D eigenvalue weighted by Crippen LogP contribution is 2.42. The lowest BCUT2D eigenvalue weighted by atomic mass is 9.77. The van der Waals surface area contributed by atoms with Crippen molar-refractivity contribution in [3.8, 4) is 0 Å². The highest BCUT2D eigenvalue weighted by molar-refractivity contribution is 9.10. The molecule has 1 aromatic rings. The molecule has 1 aromatic carbocycles. The maximum Gasteiger partial charge on any atom is 0.230 e. The molecule has 1 amide bonds. The van der Waals surface area contributed by atoms with Gasteiger partial charge in [-0.05, 0) is 43.4 Å². The summed E-state index contributed by atoms with van der Waals surface area (Å²) in [4.78, 5) is 13.1. The predicted molar refractivity (Wildman–Crippen MR) is 93.9 cm³/mol. The molecule has 2 fully saturated rings. The minimum atomic E-state index is -0.285. The Labute approximate surface area is 142 Å². The Bertz CT molecular complexity index is 497. The quantitative estimate of drug-likeness (QED) is 0.743. The van der Waals surface area contributed by atoms with Crippen molar-refractivity contribution in [3.05, 3.63) is 34.3 Å². The van der Waals surface area contributed by atoms with E-state index in [2.05, 4.69) is 45.5 Å². The van der Waals surface area contributed by atoms with Crippen molar-refractivity contribution >= 4 is 21.8 Å². The molecule has 0 spiro atoms. The number of nitrogens with one attached hydrogen (secondary N) is 1. The van der Waals surface area contributed by atoms with E-state index in [1.165, 1.54) is 31.2 Å². The summed E-state index contributed by atoms with van der Waals surface area (Å²) in [6.07, 6.45) is 11.8. The molecule has 0 aromatic heterocycles. The maximum atomic E-state index is 13.1. The molecular formula is C19H26BrNO. The van der Waals surface area contributed by atoms with Crippen LogP contribution in [0.1, 0.15) is 69.8 Å². The normalized spacial score (nSPS) is 22.2. The van der Waals surface area contributed by atoms with Gasteiger partial charge in [-0.15, -0.1) is 0 Å². The van der Waals surface area contributed by atoms with Crippen LogP contribution in [0.5, 0.6) is 0 Å². The smallest absolute Gasteiger partial charge is 0.230 e. The fraction of sp³-hybridized carbons (Fsp3) is 0.632. The van der Waals surface area contributed by atoms with E-state index in [0.717, 1.165) is 43.0 Å². The summed E-state index contributed by atoms with van der Waals surface area (Å²) in [7, 11) is 0. The van der Waals surface area contributed by atoms with Gasteiger partial charge in [-0.1, -0.05) is 66.6 Å². The van der Waals surface area contributed by atoms with Crippen LogP contribution in [0, 0.1) is 0 Å². The Morgan fingerprint density at radius 2 is 1.55 bits per heavy atom. The first-order chi connectivity index (χ1) is 10.7. The molecular weight excluding hydrogens is 338 g/mol. The van der Waals surface area contributed by atoms with Gasteiger partial charge in [0.2, 0.25) is 5.91 Å². The Hall–Kier alpha value is -0.830. The van der Waals surface area contributed by atoms with Crippen molar-refractivity contribution in [2.24, 2.45) is 0 Å². The summed E-state index contributed by atoms with van der Waals surface area (Å²) in [5, 5.41) is 3.40. The van der Waals surface area contributed by atoms with Gasteiger partial charge in [0, 0.05) is 10.5 Å². The molecule has 0 saturated heterocycles. The number of hydrogen-bond acceptors (Lipinski definition) is 1. The number of hydrogen-bond donors (Lipinski definition) is 1. The Morgan fingerprint density at radius 3 is 2.14 bits per heavy atom. The van der Waals surface area contributed by atoms with Gasteiger partial charge in [-0.2, -0.15) is 0 Å². The standard InChI is InChI=1S/C19H26BrNO/c20-16-11-9-15(10-12-16)19(13-5-6-14-19)18(22)21-17-7-3-1-2-4-8-17/h9-12,17H,1-8,13-14H2,(H,21,22). The molecule has 0 radical (unpaired) electrons. The summed E-state index contributed by atoms with van der Waals surface area (Å²) in [6, 6.07) is 8.77. The number of benzene rings is 1. The summed E-state index contributed by atoms with van der Waals surface area (Å²) in [5.41, 5.74) is 0.909. The Kier molecular flexibility index (Phi) is 5.22. The fourth-order valence-corrected chi connectivity index (χ4v) is 4.41. The lowest BCUT2D eigenvalue weighted by Gasteiger charge is -2.31. The summed E-state index contributed by atoms with van der Waals surface area (Å²) in [5.74, 6) is 0.277. The van der Waals surface area contributed by atoms with Gasteiger partial charge in [0.15, 0.2) is 0 Å². The van der Waals surface area contributed by atoms with E-state index in [1.54, 1.807) is 0 Å². The van der Waals surface area contributed by atoms with Crippen molar-refractivity contribution in [3.63, 3.8) is 0 Å². The third kappa shape index (κ3) is 3.40. The van der Waals surface area contributed by atoms with E-state index < -0.39 is 0 Å². The van der Waals surface area contributed by atoms with Crippen LogP contribution < -0.4 is 5.32 Å². The van der Waals surface area contributed by atoms with Gasteiger partial charge in [0.1, 0.15) is 0 Å². The minimum absolute atomic E-state index is 0.277. The maximum absolute atomic E-state index is 13.1. The lowest BCUT2D eigenvalue weighted by Crippen LogP contribution is -2.46. The first kappa shape index (κ1) is 16.0. The Balaban J connectivity index is 1.77. The molecule has 1 N–H and O–H groups in total. The van der Waals surface area contributed by atoms with Crippen molar-refractivity contribution in [2.75, 3.05) is 0 Å². The molecule has 2 nitrogen and oxygen atoms in total. The van der Waals surface area contributed by atoms with Gasteiger partial charge in [-0.3, -0.25) is 4.79 Å². The SMILES string of the molecule is O=C(NC1CCCCCC1)C1(c2ccc(Br)cc2)CCCC1. The van der Waals surface area contributed by atoms with E-state index in [0.29, 0.717) is 6.04 Å². The molecule has 2 aliphatic carbocycles. The second kappa shape index (κ2) is 7.16. The van der Waals surface area contributed by atoms with Crippen LogP contribution in [0.2, 0.25) is 0 Å². The van der Waals surface area contributed by atoms with Crippen LogP contribution in [0.15, 0.2) is 28.7 Å². The van der Waals surface area contributed by atoms with Crippen LogP contribution in [-0.2, 0) is 10.2 Å². The minimum Gasteiger partial charge on any atom is -0.353 e. The van der Waals surface area contributed by atoms with Crippen LogP contribution in [0.4, 0.5) is 0 Å². The summed E-state index contributed by atoms with van der Waals surface area (Å²) < 4.78 is 1.08.